The van der Waals surface area contributed by atoms with Crippen molar-refractivity contribution in [2.24, 2.45) is 4.99 Å². The molecule has 1 fully saturated rings. The maximum absolute atomic E-state index is 10.4. The van der Waals surface area contributed by atoms with E-state index in [1.807, 2.05) is 24.1 Å². The molecule has 2 N–H and O–H groups in total. The number of pyridine rings is 1. The smallest absolute Gasteiger partial charge is 0.214 e. The van der Waals surface area contributed by atoms with Gasteiger partial charge in [0.25, 0.3) is 0 Å². The minimum Gasteiger partial charge on any atom is -0.504 e. The standard InChI is InChI=1S/C17H18N4O3/c1-11-15(22)14(24-17(11)20-21-5-7-23-8-6-21)9-12-10-19-16-13(12)3-2-4-18-16/h2-4,9-10,20,22H,5-8H2,1H3. The van der Waals surface area contributed by atoms with Crippen LogP contribution in [0.4, 0.5) is 11.7 Å². The zero-order chi connectivity index (χ0) is 16.5. The third-order valence-electron chi connectivity index (χ3n) is 4.12. The number of morpholine rings is 1. The summed E-state index contributed by atoms with van der Waals surface area (Å²) in [7, 11) is 0. The van der Waals surface area contributed by atoms with E-state index in [2.05, 4.69) is 15.4 Å². The fourth-order valence-electron chi connectivity index (χ4n) is 2.73. The number of fused-ring (bicyclic) bond motifs is 1. The first kappa shape index (κ1) is 14.9. The number of furan rings is 1. The van der Waals surface area contributed by atoms with Crippen molar-refractivity contribution in [2.45, 2.75) is 6.92 Å². The van der Waals surface area contributed by atoms with Gasteiger partial charge < -0.3 is 14.3 Å². The van der Waals surface area contributed by atoms with Crippen molar-refractivity contribution in [1.29, 1.82) is 0 Å². The van der Waals surface area contributed by atoms with E-state index in [1.165, 1.54) is 0 Å². The summed E-state index contributed by atoms with van der Waals surface area (Å²) < 4.78 is 11.1. The van der Waals surface area contributed by atoms with Crippen molar-refractivity contribution in [3.8, 4) is 5.75 Å². The number of aromatic hydroxyl groups is 1. The first-order chi connectivity index (χ1) is 11.7. The lowest BCUT2D eigenvalue weighted by molar-refractivity contribution is 0.0485. The number of ether oxygens (including phenoxy) is 1. The van der Waals surface area contributed by atoms with Gasteiger partial charge in [-0.25, -0.2) is 15.0 Å². The van der Waals surface area contributed by atoms with Gasteiger partial charge in [0.1, 0.15) is 0 Å². The molecule has 7 nitrogen and oxygen atoms in total. The molecule has 0 saturated carbocycles. The van der Waals surface area contributed by atoms with Crippen LogP contribution in [0.2, 0.25) is 0 Å². The van der Waals surface area contributed by atoms with Crippen LogP contribution in [-0.2, 0) is 4.74 Å². The van der Waals surface area contributed by atoms with Gasteiger partial charge in [-0.15, -0.1) is 0 Å². The van der Waals surface area contributed by atoms with Crippen LogP contribution < -0.4 is 5.43 Å². The molecule has 0 aromatic carbocycles. The van der Waals surface area contributed by atoms with E-state index in [0.717, 1.165) is 24.2 Å². The Kier molecular flexibility index (Phi) is 3.79. The molecule has 2 aliphatic rings. The SMILES string of the molecule is Cc1c(NN2CCOCC2)oc(C=C2C=Nc3ncccc32)c1O. The molecule has 0 amide bonds. The number of anilines is 1. The normalized spacial score (nSPS) is 19.0. The Morgan fingerprint density at radius 2 is 2.17 bits per heavy atom. The number of rotatable bonds is 3. The number of aliphatic imine (C=N–C) groups is 1. The quantitative estimate of drug-likeness (QED) is 0.902. The highest BCUT2D eigenvalue weighted by atomic mass is 16.5. The van der Waals surface area contributed by atoms with E-state index in [9.17, 15) is 5.11 Å². The fraction of sp³-hybridized carbons (Fsp3) is 0.294. The van der Waals surface area contributed by atoms with Gasteiger partial charge >= 0.3 is 0 Å². The molecule has 24 heavy (non-hydrogen) atoms. The molecule has 2 aromatic heterocycles. The number of allylic oxidation sites excluding steroid dienone is 1. The monoisotopic (exact) mass is 326 g/mol. The minimum absolute atomic E-state index is 0.129. The molecule has 7 heteroatoms. The third-order valence-corrected chi connectivity index (χ3v) is 4.12. The Labute approximate surface area is 139 Å². The largest absolute Gasteiger partial charge is 0.504 e. The van der Waals surface area contributed by atoms with Crippen LogP contribution in [0.1, 0.15) is 16.9 Å². The fourth-order valence-corrected chi connectivity index (χ4v) is 2.73. The first-order valence-corrected chi connectivity index (χ1v) is 7.85. The highest BCUT2D eigenvalue weighted by Crippen LogP contribution is 2.37. The van der Waals surface area contributed by atoms with E-state index >= 15 is 0 Å². The van der Waals surface area contributed by atoms with Crippen LogP contribution in [-0.4, -0.2) is 47.6 Å². The van der Waals surface area contributed by atoms with Crippen molar-refractivity contribution in [3.05, 3.63) is 35.2 Å². The molecular weight excluding hydrogens is 308 g/mol. The molecule has 0 bridgehead atoms. The Balaban J connectivity index is 1.62. The van der Waals surface area contributed by atoms with Crippen molar-refractivity contribution >= 4 is 29.6 Å². The van der Waals surface area contributed by atoms with Crippen molar-refractivity contribution in [3.63, 3.8) is 0 Å². The summed E-state index contributed by atoms with van der Waals surface area (Å²) in [4.78, 5) is 8.47. The maximum atomic E-state index is 10.4. The van der Waals surface area contributed by atoms with E-state index in [1.54, 1.807) is 18.5 Å². The highest BCUT2D eigenvalue weighted by Gasteiger charge is 2.20. The second-order valence-corrected chi connectivity index (χ2v) is 5.71. The average Bonchev–Trinajstić information content (AvgIpc) is 3.13. The summed E-state index contributed by atoms with van der Waals surface area (Å²) in [5.41, 5.74) is 5.67. The molecule has 2 aromatic rings. The number of hydrogen-bond donors (Lipinski definition) is 2. The molecule has 0 aliphatic carbocycles. The van der Waals surface area contributed by atoms with Gasteiger partial charge in [0.2, 0.25) is 5.88 Å². The van der Waals surface area contributed by atoms with Gasteiger partial charge in [0, 0.05) is 36.6 Å². The predicted octanol–water partition coefficient (Wildman–Crippen LogP) is 2.60. The van der Waals surface area contributed by atoms with Gasteiger partial charge in [-0.2, -0.15) is 0 Å². The van der Waals surface area contributed by atoms with Crippen LogP contribution >= 0.6 is 0 Å². The molecule has 4 rings (SSSR count). The second kappa shape index (κ2) is 6.10. The van der Waals surface area contributed by atoms with Crippen molar-refractivity contribution in [2.75, 3.05) is 31.7 Å². The van der Waals surface area contributed by atoms with E-state index < -0.39 is 0 Å². The Morgan fingerprint density at radius 3 is 3.00 bits per heavy atom. The number of hydrazine groups is 1. The molecule has 4 heterocycles. The van der Waals surface area contributed by atoms with Gasteiger partial charge in [0.05, 0.1) is 18.8 Å². The lowest BCUT2D eigenvalue weighted by Gasteiger charge is -2.26. The summed E-state index contributed by atoms with van der Waals surface area (Å²) >= 11 is 0. The summed E-state index contributed by atoms with van der Waals surface area (Å²) in [5.74, 6) is 1.76. The lowest BCUT2D eigenvalue weighted by Crippen LogP contribution is -2.40. The van der Waals surface area contributed by atoms with Crippen LogP contribution in [0.15, 0.2) is 27.7 Å². The molecule has 1 saturated heterocycles. The van der Waals surface area contributed by atoms with Crippen LogP contribution in [0.5, 0.6) is 5.75 Å². The van der Waals surface area contributed by atoms with Crippen molar-refractivity contribution < 1.29 is 14.3 Å². The van der Waals surface area contributed by atoms with Gasteiger partial charge in [-0.05, 0) is 25.1 Å². The minimum atomic E-state index is 0.129. The maximum Gasteiger partial charge on any atom is 0.214 e. The summed E-state index contributed by atoms with van der Waals surface area (Å²) in [5, 5.41) is 12.4. The molecule has 0 radical (unpaired) electrons. The number of hydrogen-bond acceptors (Lipinski definition) is 7. The summed E-state index contributed by atoms with van der Waals surface area (Å²) in [6, 6.07) is 3.81. The summed E-state index contributed by atoms with van der Waals surface area (Å²) in [6.07, 6.45) is 5.21. The van der Waals surface area contributed by atoms with Crippen molar-refractivity contribution in [1.82, 2.24) is 9.99 Å². The lowest BCUT2D eigenvalue weighted by atomic mass is 10.1. The van der Waals surface area contributed by atoms with Gasteiger partial charge in [0.15, 0.2) is 17.3 Å². The van der Waals surface area contributed by atoms with Gasteiger partial charge in [-0.1, -0.05) is 0 Å². The Morgan fingerprint density at radius 1 is 1.33 bits per heavy atom. The van der Waals surface area contributed by atoms with Crippen LogP contribution in [0.3, 0.4) is 0 Å². The average molecular weight is 326 g/mol. The van der Waals surface area contributed by atoms with E-state index in [4.69, 9.17) is 9.15 Å². The number of nitrogens with one attached hydrogen (secondary N) is 1. The molecule has 124 valence electrons. The highest BCUT2D eigenvalue weighted by molar-refractivity contribution is 6.20. The Hall–Kier alpha value is -2.64. The topological polar surface area (TPSA) is 83.1 Å². The molecular formula is C17H18N4O3. The van der Waals surface area contributed by atoms with Crippen LogP contribution in [0.25, 0.3) is 11.6 Å². The third kappa shape index (κ3) is 2.68. The summed E-state index contributed by atoms with van der Waals surface area (Å²) in [6.45, 7) is 4.71. The molecule has 0 atom stereocenters. The second-order valence-electron chi connectivity index (χ2n) is 5.71. The van der Waals surface area contributed by atoms with Gasteiger partial charge in [-0.3, -0.25) is 5.43 Å². The zero-order valence-electron chi connectivity index (χ0n) is 13.3. The van der Waals surface area contributed by atoms with E-state index in [-0.39, 0.29) is 5.75 Å². The zero-order valence-corrected chi connectivity index (χ0v) is 13.3. The van der Waals surface area contributed by atoms with Crippen LogP contribution in [0, 0.1) is 6.92 Å². The number of nitrogens with zero attached hydrogens (tertiary/aromatic N) is 3. The first-order valence-electron chi connectivity index (χ1n) is 7.85. The predicted molar refractivity (Wildman–Crippen MR) is 91.4 cm³/mol. The molecule has 0 unspecified atom stereocenters. The molecule has 2 aliphatic heterocycles. The Bertz CT molecular complexity index is 819. The number of aromatic nitrogens is 1. The van der Waals surface area contributed by atoms with E-state index in [0.29, 0.717) is 36.2 Å². The molecule has 0 spiro atoms.